The van der Waals surface area contributed by atoms with Gasteiger partial charge in [-0.25, -0.2) is 0 Å². The summed E-state index contributed by atoms with van der Waals surface area (Å²) in [4.78, 5) is 11.1. The maximum Gasteiger partial charge on any atom is 0.221 e. The Labute approximate surface area is 74.7 Å². The second-order valence-electron chi connectivity index (χ2n) is 3.10. The maximum absolute atomic E-state index is 11.1. The monoisotopic (exact) mass is 172 g/mol. The number of nitrogens with one attached hydrogen (secondary N) is 1. The van der Waals surface area contributed by atoms with Crippen molar-refractivity contribution in [3.8, 4) is 0 Å². The minimum atomic E-state index is 0.0341. The van der Waals surface area contributed by atoms with Gasteiger partial charge in [-0.1, -0.05) is 20.3 Å². The number of rotatable bonds is 6. The van der Waals surface area contributed by atoms with Crippen molar-refractivity contribution in [3.63, 3.8) is 0 Å². The lowest BCUT2D eigenvalue weighted by Gasteiger charge is -2.09. The van der Waals surface area contributed by atoms with Gasteiger partial charge in [-0.3, -0.25) is 4.79 Å². The highest BCUT2D eigenvalue weighted by Gasteiger charge is 2.06. The van der Waals surface area contributed by atoms with Crippen LogP contribution in [0.25, 0.3) is 0 Å². The van der Waals surface area contributed by atoms with E-state index in [1.54, 1.807) is 0 Å². The van der Waals surface area contributed by atoms with Crippen molar-refractivity contribution in [2.45, 2.75) is 45.6 Å². The van der Waals surface area contributed by atoms with Crippen LogP contribution in [0.5, 0.6) is 0 Å². The summed E-state index contributed by atoms with van der Waals surface area (Å²) < 4.78 is 0. The largest absolute Gasteiger partial charge is 0.356 e. The van der Waals surface area contributed by atoms with Crippen molar-refractivity contribution in [3.05, 3.63) is 0 Å². The van der Waals surface area contributed by atoms with Gasteiger partial charge in [-0.15, -0.1) is 0 Å². The van der Waals surface area contributed by atoms with Gasteiger partial charge in [0.05, 0.1) is 0 Å². The Morgan fingerprint density at radius 1 is 1.42 bits per heavy atom. The van der Waals surface area contributed by atoms with E-state index in [1.807, 2.05) is 6.92 Å². The summed E-state index contributed by atoms with van der Waals surface area (Å²) in [6.07, 6.45) is 3.42. The third-order valence-electron chi connectivity index (χ3n) is 1.68. The van der Waals surface area contributed by atoms with Crippen molar-refractivity contribution >= 4 is 5.91 Å². The molecule has 1 unspecified atom stereocenters. The van der Waals surface area contributed by atoms with Gasteiger partial charge in [0, 0.05) is 19.0 Å². The number of hydrogen-bond donors (Lipinski definition) is 2. The van der Waals surface area contributed by atoms with Gasteiger partial charge < -0.3 is 11.1 Å². The van der Waals surface area contributed by atoms with E-state index in [0.29, 0.717) is 6.42 Å². The molecule has 0 aliphatic heterocycles. The molecular weight excluding hydrogens is 152 g/mol. The first kappa shape index (κ1) is 11.4. The highest BCUT2D eigenvalue weighted by atomic mass is 16.1. The molecule has 12 heavy (non-hydrogen) atoms. The second-order valence-corrected chi connectivity index (χ2v) is 3.10. The van der Waals surface area contributed by atoms with Gasteiger partial charge in [0.2, 0.25) is 5.91 Å². The average Bonchev–Trinajstić information content (AvgIpc) is 2.01. The lowest BCUT2D eigenvalue weighted by atomic mass is 10.1. The fraction of sp³-hybridized carbons (Fsp3) is 0.889. The van der Waals surface area contributed by atoms with E-state index >= 15 is 0 Å². The molecule has 0 aromatic rings. The third-order valence-corrected chi connectivity index (χ3v) is 1.68. The van der Waals surface area contributed by atoms with E-state index < -0.39 is 0 Å². The van der Waals surface area contributed by atoms with E-state index in [2.05, 4.69) is 12.2 Å². The summed E-state index contributed by atoms with van der Waals surface area (Å²) in [6, 6.07) is 0.0341. The molecule has 0 radical (unpaired) electrons. The summed E-state index contributed by atoms with van der Waals surface area (Å²) >= 11 is 0. The number of hydrogen-bond acceptors (Lipinski definition) is 2. The minimum Gasteiger partial charge on any atom is -0.356 e. The van der Waals surface area contributed by atoms with Gasteiger partial charge in [0.15, 0.2) is 0 Å². The Morgan fingerprint density at radius 3 is 2.58 bits per heavy atom. The van der Waals surface area contributed by atoms with E-state index in [1.165, 1.54) is 0 Å². The Bertz CT molecular complexity index is 126. The molecule has 3 N–H and O–H groups in total. The second kappa shape index (κ2) is 7.10. The molecule has 1 atom stereocenters. The molecule has 3 heteroatoms. The lowest BCUT2D eigenvalue weighted by Crippen LogP contribution is -2.31. The molecule has 1 amide bonds. The van der Waals surface area contributed by atoms with Gasteiger partial charge in [0.1, 0.15) is 0 Å². The molecule has 0 aliphatic rings. The average molecular weight is 172 g/mol. The summed E-state index contributed by atoms with van der Waals surface area (Å²) in [5.74, 6) is 0.0813. The first-order valence-corrected chi connectivity index (χ1v) is 4.73. The maximum atomic E-state index is 11.1. The molecule has 0 aromatic carbocycles. The normalized spacial score (nSPS) is 12.6. The van der Waals surface area contributed by atoms with Crippen LogP contribution in [0.3, 0.4) is 0 Å². The molecule has 0 heterocycles. The van der Waals surface area contributed by atoms with Crippen LogP contribution < -0.4 is 11.1 Å². The van der Waals surface area contributed by atoms with E-state index in [-0.39, 0.29) is 11.9 Å². The van der Waals surface area contributed by atoms with Crippen LogP contribution in [0.15, 0.2) is 0 Å². The topological polar surface area (TPSA) is 55.1 Å². The van der Waals surface area contributed by atoms with Crippen LogP contribution in [-0.4, -0.2) is 18.5 Å². The van der Waals surface area contributed by atoms with Crippen LogP contribution >= 0.6 is 0 Å². The molecule has 0 spiro atoms. The SMILES string of the molecule is CCCNC(=O)CC(N)CCC. The predicted octanol–water partition coefficient (Wildman–Crippen LogP) is 1.03. The van der Waals surface area contributed by atoms with Crippen molar-refractivity contribution in [1.82, 2.24) is 5.32 Å². The minimum absolute atomic E-state index is 0.0341. The summed E-state index contributed by atoms with van der Waals surface area (Å²) in [7, 11) is 0. The number of amides is 1. The summed E-state index contributed by atoms with van der Waals surface area (Å²) in [6.45, 7) is 4.87. The van der Waals surface area contributed by atoms with Crippen LogP contribution in [0.2, 0.25) is 0 Å². The fourth-order valence-corrected chi connectivity index (χ4v) is 1.05. The summed E-state index contributed by atoms with van der Waals surface area (Å²) in [5, 5.41) is 2.80. The number of carbonyl (C=O) groups excluding carboxylic acids is 1. The van der Waals surface area contributed by atoms with Crippen LogP contribution in [0.1, 0.15) is 39.5 Å². The molecule has 0 bridgehead atoms. The molecule has 0 aromatic heterocycles. The van der Waals surface area contributed by atoms with Crippen molar-refractivity contribution in [2.75, 3.05) is 6.54 Å². The highest BCUT2D eigenvalue weighted by molar-refractivity contribution is 5.76. The van der Waals surface area contributed by atoms with Crippen molar-refractivity contribution < 1.29 is 4.79 Å². The van der Waals surface area contributed by atoms with E-state index in [4.69, 9.17) is 5.73 Å². The zero-order chi connectivity index (χ0) is 9.40. The Balaban J connectivity index is 3.40. The van der Waals surface area contributed by atoms with E-state index in [9.17, 15) is 4.79 Å². The molecule has 72 valence electrons. The smallest absolute Gasteiger partial charge is 0.221 e. The van der Waals surface area contributed by atoms with E-state index in [0.717, 1.165) is 25.8 Å². The van der Waals surface area contributed by atoms with Crippen molar-refractivity contribution in [2.24, 2.45) is 5.73 Å². The highest BCUT2D eigenvalue weighted by Crippen LogP contribution is 1.97. The Kier molecular flexibility index (Phi) is 6.76. The Hall–Kier alpha value is -0.570. The zero-order valence-electron chi connectivity index (χ0n) is 8.10. The molecule has 3 nitrogen and oxygen atoms in total. The van der Waals surface area contributed by atoms with Gasteiger partial charge in [0.25, 0.3) is 0 Å². The molecular formula is C9H20N2O. The van der Waals surface area contributed by atoms with Gasteiger partial charge in [-0.05, 0) is 12.8 Å². The van der Waals surface area contributed by atoms with Gasteiger partial charge >= 0.3 is 0 Å². The van der Waals surface area contributed by atoms with Crippen LogP contribution in [0.4, 0.5) is 0 Å². The molecule has 0 fully saturated rings. The fourth-order valence-electron chi connectivity index (χ4n) is 1.05. The zero-order valence-corrected chi connectivity index (χ0v) is 8.10. The quantitative estimate of drug-likeness (QED) is 0.628. The first-order valence-electron chi connectivity index (χ1n) is 4.73. The first-order chi connectivity index (χ1) is 5.70. The van der Waals surface area contributed by atoms with Crippen LogP contribution in [-0.2, 0) is 4.79 Å². The van der Waals surface area contributed by atoms with Crippen molar-refractivity contribution in [1.29, 1.82) is 0 Å². The molecule has 0 aliphatic carbocycles. The Morgan fingerprint density at radius 2 is 2.08 bits per heavy atom. The number of nitrogens with two attached hydrogens (primary N) is 1. The van der Waals surface area contributed by atoms with Crippen LogP contribution in [0, 0.1) is 0 Å². The molecule has 0 rings (SSSR count). The summed E-state index contributed by atoms with van der Waals surface area (Å²) in [5.41, 5.74) is 5.70. The predicted molar refractivity (Wildman–Crippen MR) is 50.8 cm³/mol. The number of carbonyl (C=O) groups is 1. The molecule has 0 saturated carbocycles. The third kappa shape index (κ3) is 6.16. The standard InChI is InChI=1S/C9H20N2O/c1-3-5-8(10)7-9(12)11-6-4-2/h8H,3-7,10H2,1-2H3,(H,11,12). The van der Waals surface area contributed by atoms with Gasteiger partial charge in [-0.2, -0.15) is 0 Å². The molecule has 0 saturated heterocycles. The lowest BCUT2D eigenvalue weighted by molar-refractivity contribution is -0.121.